The summed E-state index contributed by atoms with van der Waals surface area (Å²) >= 11 is 0. The molecule has 0 bridgehead atoms. The van der Waals surface area contributed by atoms with Crippen molar-refractivity contribution in [3.8, 4) is 0 Å². The lowest BCUT2D eigenvalue weighted by Crippen LogP contribution is -2.42. The van der Waals surface area contributed by atoms with Crippen molar-refractivity contribution >= 4 is 0 Å². The molecule has 3 nitrogen and oxygen atoms in total. The number of ether oxygens (including phenoxy) is 2. The van der Waals surface area contributed by atoms with Gasteiger partial charge < -0.3 is 9.47 Å². The Bertz CT molecular complexity index is 142. The van der Waals surface area contributed by atoms with Crippen molar-refractivity contribution in [3.05, 3.63) is 0 Å². The highest BCUT2D eigenvalue weighted by atomic mass is 16.7. The minimum atomic E-state index is -0.0457. The van der Waals surface area contributed by atoms with Crippen molar-refractivity contribution in [3.63, 3.8) is 0 Å². The molecule has 0 radical (unpaired) electrons. The van der Waals surface area contributed by atoms with Gasteiger partial charge in [-0.2, -0.15) is 0 Å². The molecule has 0 aliphatic heterocycles. The second-order valence-corrected chi connectivity index (χ2v) is 3.86. The first-order chi connectivity index (χ1) is 6.77. The van der Waals surface area contributed by atoms with E-state index in [0.717, 1.165) is 25.8 Å². The fraction of sp³-hybridized carbons (Fsp3) is 1.00. The van der Waals surface area contributed by atoms with Crippen molar-refractivity contribution in [1.82, 2.24) is 4.90 Å². The van der Waals surface area contributed by atoms with Gasteiger partial charge in [-0.15, -0.1) is 0 Å². The quantitative estimate of drug-likeness (QED) is 0.587. The molecule has 0 unspecified atom stereocenters. The minimum absolute atomic E-state index is 0.0457. The Morgan fingerprint density at radius 2 is 1.79 bits per heavy atom. The third-order valence-electron chi connectivity index (χ3n) is 2.84. The molecule has 1 aliphatic carbocycles. The van der Waals surface area contributed by atoms with Crippen LogP contribution < -0.4 is 0 Å². The molecule has 0 aromatic carbocycles. The lowest BCUT2D eigenvalue weighted by molar-refractivity contribution is -0.150. The molecule has 0 amide bonds. The van der Waals surface area contributed by atoms with Gasteiger partial charge >= 0.3 is 0 Å². The van der Waals surface area contributed by atoms with Crippen molar-refractivity contribution in [2.75, 3.05) is 26.8 Å². The Morgan fingerprint density at radius 3 is 2.14 bits per heavy atom. The maximum atomic E-state index is 5.51. The van der Waals surface area contributed by atoms with Gasteiger partial charge in [0.2, 0.25) is 0 Å². The molecule has 0 saturated heterocycles. The summed E-state index contributed by atoms with van der Waals surface area (Å²) in [5.74, 6) is 0. The molecule has 0 aromatic rings. The van der Waals surface area contributed by atoms with E-state index < -0.39 is 0 Å². The maximum Gasteiger partial charge on any atom is 0.170 e. The number of rotatable bonds is 7. The monoisotopic (exact) mass is 201 g/mol. The fourth-order valence-electron chi connectivity index (χ4n) is 1.74. The molecule has 1 rings (SSSR count). The van der Waals surface area contributed by atoms with Crippen molar-refractivity contribution in [2.24, 2.45) is 0 Å². The first-order valence-corrected chi connectivity index (χ1v) is 5.71. The van der Waals surface area contributed by atoms with Crippen molar-refractivity contribution in [1.29, 1.82) is 0 Å². The van der Waals surface area contributed by atoms with Crippen LogP contribution in [0.5, 0.6) is 0 Å². The third kappa shape index (κ3) is 3.56. The van der Waals surface area contributed by atoms with Gasteiger partial charge in [0.1, 0.15) is 0 Å². The van der Waals surface area contributed by atoms with E-state index >= 15 is 0 Å². The van der Waals surface area contributed by atoms with Crippen LogP contribution in [0, 0.1) is 0 Å². The Hall–Kier alpha value is -0.120. The Morgan fingerprint density at radius 1 is 1.21 bits per heavy atom. The Balaban J connectivity index is 2.21. The van der Waals surface area contributed by atoms with Crippen LogP contribution in [-0.4, -0.2) is 44.0 Å². The van der Waals surface area contributed by atoms with E-state index in [2.05, 4.69) is 11.9 Å². The third-order valence-corrected chi connectivity index (χ3v) is 2.84. The van der Waals surface area contributed by atoms with Crippen LogP contribution in [0.1, 0.15) is 33.1 Å². The summed E-state index contributed by atoms with van der Waals surface area (Å²) in [5.41, 5.74) is 0. The summed E-state index contributed by atoms with van der Waals surface area (Å²) in [5, 5.41) is 0. The fourth-order valence-corrected chi connectivity index (χ4v) is 1.74. The summed E-state index contributed by atoms with van der Waals surface area (Å²) < 4.78 is 11.0. The van der Waals surface area contributed by atoms with Gasteiger partial charge in [0.15, 0.2) is 6.29 Å². The predicted octanol–water partition coefficient (Wildman–Crippen LogP) is 1.87. The summed E-state index contributed by atoms with van der Waals surface area (Å²) in [4.78, 5) is 2.36. The Labute approximate surface area is 87.4 Å². The molecule has 0 N–H and O–H groups in total. The highest BCUT2D eigenvalue weighted by molar-refractivity contribution is 4.78. The highest BCUT2D eigenvalue weighted by Gasteiger charge is 2.24. The molecule has 0 heterocycles. The summed E-state index contributed by atoms with van der Waals surface area (Å²) in [6.45, 7) is 6.36. The molecule has 3 heteroatoms. The van der Waals surface area contributed by atoms with Crippen LogP contribution in [0.15, 0.2) is 0 Å². The van der Waals surface area contributed by atoms with Crippen molar-refractivity contribution < 1.29 is 9.47 Å². The molecular formula is C11H23NO2. The van der Waals surface area contributed by atoms with E-state index in [9.17, 15) is 0 Å². The molecule has 0 spiro atoms. The average molecular weight is 201 g/mol. The zero-order valence-electron chi connectivity index (χ0n) is 9.66. The summed E-state index contributed by atoms with van der Waals surface area (Å²) in [7, 11) is 2.16. The van der Waals surface area contributed by atoms with Gasteiger partial charge in [0.05, 0.1) is 0 Å². The SMILES string of the molecule is CCOC(CN(C)C1CCC1)OCC. The molecule has 0 atom stereocenters. The van der Waals surface area contributed by atoms with Crippen LogP contribution in [0.4, 0.5) is 0 Å². The van der Waals surface area contributed by atoms with E-state index in [4.69, 9.17) is 9.47 Å². The molecular weight excluding hydrogens is 178 g/mol. The zero-order chi connectivity index (χ0) is 10.4. The summed E-state index contributed by atoms with van der Waals surface area (Å²) in [6, 6.07) is 0.762. The van der Waals surface area contributed by atoms with Crippen LogP contribution in [0.2, 0.25) is 0 Å². The topological polar surface area (TPSA) is 21.7 Å². The largest absolute Gasteiger partial charge is 0.352 e. The van der Waals surface area contributed by atoms with Crippen LogP contribution in [-0.2, 0) is 9.47 Å². The molecule has 14 heavy (non-hydrogen) atoms. The number of hydrogen-bond donors (Lipinski definition) is 0. The van der Waals surface area contributed by atoms with E-state index in [1.54, 1.807) is 0 Å². The summed E-state index contributed by atoms with van der Waals surface area (Å²) in [6.07, 6.45) is 4.00. The molecule has 1 aliphatic rings. The predicted molar refractivity (Wildman–Crippen MR) is 57.3 cm³/mol. The first-order valence-electron chi connectivity index (χ1n) is 5.71. The normalized spacial score (nSPS) is 17.8. The number of hydrogen-bond acceptors (Lipinski definition) is 3. The van der Waals surface area contributed by atoms with Crippen LogP contribution >= 0.6 is 0 Å². The first kappa shape index (κ1) is 12.0. The van der Waals surface area contributed by atoms with Gasteiger partial charge in [0, 0.05) is 25.8 Å². The smallest absolute Gasteiger partial charge is 0.170 e. The van der Waals surface area contributed by atoms with Gasteiger partial charge in [-0.05, 0) is 33.7 Å². The van der Waals surface area contributed by atoms with Gasteiger partial charge in [0.25, 0.3) is 0 Å². The van der Waals surface area contributed by atoms with Crippen LogP contribution in [0.25, 0.3) is 0 Å². The highest BCUT2D eigenvalue weighted by Crippen LogP contribution is 2.23. The molecule has 1 fully saturated rings. The van der Waals surface area contributed by atoms with E-state index in [1.165, 1.54) is 19.3 Å². The minimum Gasteiger partial charge on any atom is -0.352 e. The lowest BCUT2D eigenvalue weighted by Gasteiger charge is -2.36. The molecule has 0 aromatic heterocycles. The van der Waals surface area contributed by atoms with E-state index in [1.807, 2.05) is 13.8 Å². The zero-order valence-corrected chi connectivity index (χ0v) is 9.66. The second kappa shape index (κ2) is 6.38. The van der Waals surface area contributed by atoms with Gasteiger partial charge in [-0.25, -0.2) is 0 Å². The second-order valence-electron chi connectivity index (χ2n) is 3.86. The van der Waals surface area contributed by atoms with E-state index in [-0.39, 0.29) is 6.29 Å². The maximum absolute atomic E-state index is 5.51. The average Bonchev–Trinajstić information content (AvgIpc) is 2.01. The molecule has 84 valence electrons. The Kier molecular flexibility index (Phi) is 5.45. The molecule has 1 saturated carbocycles. The lowest BCUT2D eigenvalue weighted by atomic mass is 9.92. The number of likely N-dealkylation sites (N-methyl/N-ethyl adjacent to an activating group) is 1. The number of nitrogens with zero attached hydrogens (tertiary/aromatic N) is 1. The van der Waals surface area contributed by atoms with E-state index in [0.29, 0.717) is 0 Å². The van der Waals surface area contributed by atoms with Crippen molar-refractivity contribution in [2.45, 2.75) is 45.4 Å². The van der Waals surface area contributed by atoms with Gasteiger partial charge in [-0.1, -0.05) is 6.42 Å². The van der Waals surface area contributed by atoms with Crippen LogP contribution in [0.3, 0.4) is 0 Å². The standard InChI is InChI=1S/C11H23NO2/c1-4-13-11(14-5-2)9-12(3)10-7-6-8-10/h10-11H,4-9H2,1-3H3. The van der Waals surface area contributed by atoms with Gasteiger partial charge in [-0.3, -0.25) is 4.90 Å².